The Hall–Kier alpha value is -3.93. The van der Waals surface area contributed by atoms with Gasteiger partial charge in [0, 0.05) is 42.1 Å². The Morgan fingerprint density at radius 1 is 1.33 bits per heavy atom. The fourth-order valence-corrected chi connectivity index (χ4v) is 4.77. The molecule has 2 aromatic heterocycles. The number of aliphatic hydroxyl groups is 2. The molecular weight excluding hydrogens is 492 g/mol. The van der Waals surface area contributed by atoms with Crippen LogP contribution in [0.1, 0.15) is 80.1 Å². The lowest BCUT2D eigenvalue weighted by Gasteiger charge is -2.21. The molecule has 39 heavy (non-hydrogen) atoms. The second-order valence-electron chi connectivity index (χ2n) is 10.7. The molecule has 0 fully saturated rings. The largest absolute Gasteiger partial charge is 0.490 e. The summed E-state index contributed by atoms with van der Waals surface area (Å²) >= 11 is 0. The van der Waals surface area contributed by atoms with Crippen LogP contribution in [0.25, 0.3) is 5.65 Å². The molecule has 0 saturated heterocycles. The van der Waals surface area contributed by atoms with Crippen molar-refractivity contribution in [1.82, 2.24) is 14.7 Å². The van der Waals surface area contributed by atoms with Crippen LogP contribution in [0.3, 0.4) is 0 Å². The first-order valence-electron chi connectivity index (χ1n) is 13.3. The third-order valence-corrected chi connectivity index (χ3v) is 6.74. The number of imidazole rings is 1. The summed E-state index contributed by atoms with van der Waals surface area (Å²) in [7, 11) is 0. The number of carbonyl (C=O) groups is 1. The van der Waals surface area contributed by atoms with E-state index in [9.17, 15) is 20.3 Å². The summed E-state index contributed by atoms with van der Waals surface area (Å²) in [6.07, 6.45) is 11.9. The first-order valence-corrected chi connectivity index (χ1v) is 13.3. The zero-order valence-electron chi connectivity index (χ0n) is 22.9. The van der Waals surface area contributed by atoms with Gasteiger partial charge in [-0.1, -0.05) is 29.9 Å². The molecule has 0 spiro atoms. The van der Waals surface area contributed by atoms with Crippen LogP contribution in [0.4, 0.5) is 0 Å². The van der Waals surface area contributed by atoms with Crippen LogP contribution in [-0.2, 0) is 5.60 Å². The number of rotatable bonds is 10. The van der Waals surface area contributed by atoms with Gasteiger partial charge in [-0.2, -0.15) is 5.26 Å². The summed E-state index contributed by atoms with van der Waals surface area (Å²) in [4.78, 5) is 17.8. The van der Waals surface area contributed by atoms with E-state index >= 15 is 0 Å². The second-order valence-corrected chi connectivity index (χ2v) is 10.7. The molecular formula is C31H36N4O4. The summed E-state index contributed by atoms with van der Waals surface area (Å²) in [6.45, 7) is 7.21. The average Bonchev–Trinajstić information content (AvgIpc) is 3.33. The predicted octanol–water partition coefficient (Wildman–Crippen LogP) is 4.76. The highest BCUT2D eigenvalue weighted by atomic mass is 16.5. The van der Waals surface area contributed by atoms with E-state index in [1.54, 1.807) is 26.0 Å². The van der Waals surface area contributed by atoms with Crippen molar-refractivity contribution in [2.24, 2.45) is 0 Å². The SMILES string of the molecule is CC(C)Oc1ccc(C(=O)N[C@H](CCO)CC2=CCC(c3cn4cccc(C(C)(C)O)c4n3)C=C2)cc1C#N. The zero-order valence-corrected chi connectivity index (χ0v) is 22.9. The van der Waals surface area contributed by atoms with Gasteiger partial charge in [0.15, 0.2) is 0 Å². The fourth-order valence-electron chi connectivity index (χ4n) is 4.77. The van der Waals surface area contributed by atoms with Crippen LogP contribution in [0, 0.1) is 11.3 Å². The minimum Gasteiger partial charge on any atom is -0.490 e. The van der Waals surface area contributed by atoms with Gasteiger partial charge in [-0.25, -0.2) is 4.98 Å². The Kier molecular flexibility index (Phi) is 8.54. The van der Waals surface area contributed by atoms with Crippen LogP contribution in [-0.4, -0.2) is 44.3 Å². The van der Waals surface area contributed by atoms with E-state index in [1.807, 2.05) is 42.8 Å². The molecule has 0 radical (unpaired) electrons. The molecule has 1 aliphatic carbocycles. The van der Waals surface area contributed by atoms with Crippen molar-refractivity contribution in [2.75, 3.05) is 6.61 Å². The van der Waals surface area contributed by atoms with Gasteiger partial charge < -0.3 is 24.7 Å². The number of carbonyl (C=O) groups excluding carboxylic acids is 1. The summed E-state index contributed by atoms with van der Waals surface area (Å²) in [6, 6.07) is 10.5. The Balaban J connectivity index is 1.43. The highest BCUT2D eigenvalue weighted by Crippen LogP contribution is 2.31. The molecule has 0 aliphatic heterocycles. The Labute approximate surface area is 229 Å². The summed E-state index contributed by atoms with van der Waals surface area (Å²) in [5, 5.41) is 32.6. The quantitative estimate of drug-likeness (QED) is 0.349. The lowest BCUT2D eigenvalue weighted by atomic mass is 9.91. The van der Waals surface area contributed by atoms with Crippen molar-refractivity contribution in [3.63, 3.8) is 0 Å². The van der Waals surface area contributed by atoms with Crippen molar-refractivity contribution in [3.05, 3.63) is 88.9 Å². The molecule has 2 heterocycles. The molecule has 204 valence electrons. The highest BCUT2D eigenvalue weighted by molar-refractivity contribution is 5.95. The molecule has 0 bridgehead atoms. The molecule has 0 saturated carbocycles. The lowest BCUT2D eigenvalue weighted by Crippen LogP contribution is -2.36. The number of nitrogens with one attached hydrogen (secondary N) is 1. The number of aromatic nitrogens is 2. The van der Waals surface area contributed by atoms with Gasteiger partial charge in [-0.05, 0) is 71.2 Å². The molecule has 8 nitrogen and oxygen atoms in total. The molecule has 1 aromatic carbocycles. The van der Waals surface area contributed by atoms with E-state index in [0.717, 1.165) is 28.9 Å². The highest BCUT2D eigenvalue weighted by Gasteiger charge is 2.23. The van der Waals surface area contributed by atoms with Crippen LogP contribution in [0.5, 0.6) is 5.75 Å². The van der Waals surface area contributed by atoms with E-state index < -0.39 is 5.60 Å². The molecule has 4 rings (SSSR count). The first kappa shape index (κ1) is 28.1. The number of allylic oxidation sites excluding steroid dienone is 3. The van der Waals surface area contributed by atoms with Crippen LogP contribution < -0.4 is 10.1 Å². The molecule has 1 unspecified atom stereocenters. The van der Waals surface area contributed by atoms with Crippen molar-refractivity contribution >= 4 is 11.6 Å². The van der Waals surface area contributed by atoms with Crippen molar-refractivity contribution in [1.29, 1.82) is 5.26 Å². The summed E-state index contributed by atoms with van der Waals surface area (Å²) < 4.78 is 7.60. The van der Waals surface area contributed by atoms with Gasteiger partial charge in [-0.3, -0.25) is 4.79 Å². The van der Waals surface area contributed by atoms with Crippen molar-refractivity contribution in [2.45, 2.75) is 70.6 Å². The van der Waals surface area contributed by atoms with Crippen LogP contribution >= 0.6 is 0 Å². The number of aliphatic hydroxyl groups excluding tert-OH is 1. The number of amides is 1. The Morgan fingerprint density at radius 2 is 2.13 bits per heavy atom. The van der Waals surface area contributed by atoms with Gasteiger partial charge in [0.2, 0.25) is 0 Å². The van der Waals surface area contributed by atoms with Gasteiger partial charge in [0.05, 0.1) is 23.0 Å². The maximum atomic E-state index is 13.0. The van der Waals surface area contributed by atoms with E-state index in [4.69, 9.17) is 9.72 Å². The normalized spacial score (nSPS) is 16.2. The fraction of sp³-hybridized carbons (Fsp3) is 0.387. The second kappa shape index (κ2) is 11.9. The lowest BCUT2D eigenvalue weighted by molar-refractivity contribution is 0.0796. The zero-order chi connectivity index (χ0) is 28.2. The van der Waals surface area contributed by atoms with E-state index in [-0.39, 0.29) is 30.6 Å². The topological polar surface area (TPSA) is 120 Å². The Bertz CT molecular complexity index is 1440. The average molecular weight is 529 g/mol. The van der Waals surface area contributed by atoms with Crippen molar-refractivity contribution in [3.8, 4) is 11.8 Å². The minimum atomic E-state index is -0.993. The minimum absolute atomic E-state index is 0.0556. The number of fused-ring (bicyclic) bond motifs is 1. The van der Waals surface area contributed by atoms with Gasteiger partial charge >= 0.3 is 0 Å². The molecule has 1 amide bonds. The van der Waals surface area contributed by atoms with Gasteiger partial charge in [0.1, 0.15) is 17.5 Å². The maximum Gasteiger partial charge on any atom is 0.251 e. The van der Waals surface area contributed by atoms with E-state index in [1.165, 1.54) is 6.07 Å². The number of ether oxygens (including phenoxy) is 1. The van der Waals surface area contributed by atoms with Crippen molar-refractivity contribution < 1.29 is 19.7 Å². The summed E-state index contributed by atoms with van der Waals surface area (Å²) in [5.74, 6) is 0.252. The maximum absolute atomic E-state index is 13.0. The molecule has 3 N–H and O–H groups in total. The van der Waals surface area contributed by atoms with E-state index in [2.05, 4.69) is 29.6 Å². The third-order valence-electron chi connectivity index (χ3n) is 6.74. The number of benzene rings is 1. The number of nitriles is 1. The molecule has 1 aliphatic rings. The Morgan fingerprint density at radius 3 is 2.77 bits per heavy atom. The van der Waals surface area contributed by atoms with Gasteiger partial charge in [0.25, 0.3) is 5.91 Å². The van der Waals surface area contributed by atoms with Crippen LogP contribution in [0.2, 0.25) is 0 Å². The first-order chi connectivity index (χ1) is 18.6. The smallest absolute Gasteiger partial charge is 0.251 e. The monoisotopic (exact) mass is 528 g/mol. The van der Waals surface area contributed by atoms with E-state index in [0.29, 0.717) is 29.7 Å². The summed E-state index contributed by atoms with van der Waals surface area (Å²) in [5.41, 5.74) is 3.21. The number of nitrogens with zero attached hydrogens (tertiary/aromatic N) is 3. The standard InChI is InChI=1S/C31H36N4O4/c1-20(2)39-28-12-11-23(17-24(28)18-32)30(37)33-25(13-15-36)16-21-7-9-22(10-8-21)27-19-35-14-5-6-26(29(35)34-27)31(3,4)38/h5-9,11-12,14,17,19-20,22,25,36,38H,10,13,15-16H2,1-4H3,(H,33,37)/t22?,25-/m1/s1. The molecule has 2 atom stereocenters. The number of hydrogen-bond donors (Lipinski definition) is 3. The predicted molar refractivity (Wildman–Crippen MR) is 150 cm³/mol. The third kappa shape index (κ3) is 6.75. The molecule has 8 heteroatoms. The number of pyridine rings is 1. The molecule has 3 aromatic rings. The number of hydrogen-bond acceptors (Lipinski definition) is 6. The van der Waals surface area contributed by atoms with Gasteiger partial charge in [-0.15, -0.1) is 0 Å². The van der Waals surface area contributed by atoms with Crippen LogP contribution in [0.15, 0.2) is 66.5 Å².